The largest absolute Gasteiger partial charge is 0.425 e. The van der Waals surface area contributed by atoms with Crippen molar-refractivity contribution in [1.29, 1.82) is 0 Å². The zero-order valence-corrected chi connectivity index (χ0v) is 14.8. The van der Waals surface area contributed by atoms with Crippen molar-refractivity contribution in [2.45, 2.75) is 29.5 Å². The molecule has 3 rings (SSSR count). The number of rotatable bonds is 2. The molecule has 1 aliphatic rings. The van der Waals surface area contributed by atoms with Crippen LogP contribution >= 0.6 is 15.9 Å². The highest BCUT2D eigenvalue weighted by molar-refractivity contribution is 9.08. The van der Waals surface area contributed by atoms with Gasteiger partial charge in [-0.05, 0) is 42.8 Å². The Kier molecular flexibility index (Phi) is 3.38. The number of fused-ring (bicyclic) bond motifs is 3. The lowest BCUT2D eigenvalue weighted by Crippen LogP contribution is -2.26. The third-order valence-electron chi connectivity index (χ3n) is 4.04. The van der Waals surface area contributed by atoms with Crippen LogP contribution in [0.25, 0.3) is 10.8 Å². The molecule has 1 heterocycles. The maximum Gasteiger partial charge on any atom is 0.321 e. The summed E-state index contributed by atoms with van der Waals surface area (Å²) in [6, 6.07) is 6.85. The van der Waals surface area contributed by atoms with Gasteiger partial charge < -0.3 is 4.74 Å². The van der Waals surface area contributed by atoms with Crippen LogP contribution in [0.4, 0.5) is 0 Å². The highest BCUT2D eigenvalue weighted by Crippen LogP contribution is 2.46. The Balaban J connectivity index is 2.42. The number of esters is 1. The predicted molar refractivity (Wildman–Crippen MR) is 88.3 cm³/mol. The average molecular weight is 383 g/mol. The Morgan fingerprint density at radius 1 is 1.23 bits per heavy atom. The summed E-state index contributed by atoms with van der Waals surface area (Å²) < 4.78 is 29.0. The van der Waals surface area contributed by atoms with Crippen LogP contribution in [0.15, 0.2) is 29.2 Å². The van der Waals surface area contributed by atoms with Crippen molar-refractivity contribution in [3.8, 4) is 5.75 Å². The van der Waals surface area contributed by atoms with Crippen LogP contribution in [0.1, 0.15) is 25.0 Å². The van der Waals surface area contributed by atoms with Crippen LogP contribution in [-0.2, 0) is 25.4 Å². The van der Waals surface area contributed by atoms with E-state index in [9.17, 15) is 13.2 Å². The van der Waals surface area contributed by atoms with Crippen molar-refractivity contribution in [2.24, 2.45) is 0 Å². The van der Waals surface area contributed by atoms with Gasteiger partial charge in [0.15, 0.2) is 9.84 Å². The molecule has 0 unspecified atom stereocenters. The van der Waals surface area contributed by atoms with Gasteiger partial charge in [-0.2, -0.15) is 0 Å². The fraction of sp³-hybridized carbons (Fsp3) is 0.312. The molecule has 2 aromatic rings. The predicted octanol–water partition coefficient (Wildman–Crippen LogP) is 3.33. The maximum absolute atomic E-state index is 12.2. The van der Waals surface area contributed by atoms with Gasteiger partial charge in [-0.1, -0.05) is 22.0 Å². The summed E-state index contributed by atoms with van der Waals surface area (Å²) in [5.74, 6) is 0.302. The van der Waals surface area contributed by atoms with Gasteiger partial charge in [-0.3, -0.25) is 4.79 Å². The molecule has 0 aliphatic carbocycles. The third kappa shape index (κ3) is 2.16. The van der Waals surface area contributed by atoms with E-state index in [0.29, 0.717) is 11.1 Å². The number of alkyl halides is 1. The summed E-state index contributed by atoms with van der Waals surface area (Å²) >= 11 is 3.40. The molecule has 0 saturated carbocycles. The second-order valence-electron chi connectivity index (χ2n) is 6.04. The van der Waals surface area contributed by atoms with Crippen LogP contribution < -0.4 is 4.74 Å². The normalized spacial score (nSPS) is 16.6. The molecule has 0 radical (unpaired) electrons. The molecule has 116 valence electrons. The lowest BCUT2D eigenvalue weighted by atomic mass is 9.82. The van der Waals surface area contributed by atoms with E-state index in [4.69, 9.17) is 4.74 Å². The molecule has 0 spiro atoms. The Morgan fingerprint density at radius 2 is 1.91 bits per heavy atom. The first kappa shape index (κ1) is 15.5. The van der Waals surface area contributed by atoms with E-state index < -0.39 is 15.3 Å². The lowest BCUT2D eigenvalue weighted by molar-refractivity contribution is -0.137. The molecule has 0 fully saturated rings. The number of hydrogen-bond acceptors (Lipinski definition) is 4. The highest BCUT2D eigenvalue weighted by atomic mass is 79.9. The molecular weight excluding hydrogens is 368 g/mol. The number of benzene rings is 2. The van der Waals surface area contributed by atoms with Crippen LogP contribution in [0.5, 0.6) is 5.75 Å². The van der Waals surface area contributed by atoms with Crippen molar-refractivity contribution in [1.82, 2.24) is 0 Å². The van der Waals surface area contributed by atoms with E-state index >= 15 is 0 Å². The van der Waals surface area contributed by atoms with E-state index in [-0.39, 0.29) is 10.9 Å². The SMILES string of the molecule is CC1(C)C(=O)Oc2c(CBr)cc3cc(S(C)(=O)=O)ccc3c21. The molecule has 22 heavy (non-hydrogen) atoms. The first-order valence-electron chi connectivity index (χ1n) is 6.74. The minimum absolute atomic E-state index is 0.267. The van der Waals surface area contributed by atoms with Crippen molar-refractivity contribution < 1.29 is 17.9 Å². The molecule has 0 saturated heterocycles. The number of sulfone groups is 1. The van der Waals surface area contributed by atoms with Crippen molar-refractivity contribution in [3.63, 3.8) is 0 Å². The summed E-state index contributed by atoms with van der Waals surface area (Å²) in [5.41, 5.74) is 0.912. The van der Waals surface area contributed by atoms with Gasteiger partial charge in [0, 0.05) is 22.7 Å². The van der Waals surface area contributed by atoms with Gasteiger partial charge in [-0.15, -0.1) is 0 Å². The summed E-state index contributed by atoms with van der Waals surface area (Å²) in [4.78, 5) is 12.4. The first-order chi connectivity index (χ1) is 10.2. The molecule has 2 aromatic carbocycles. The Hall–Kier alpha value is -1.40. The van der Waals surface area contributed by atoms with Crippen molar-refractivity contribution >= 4 is 42.5 Å². The molecule has 0 aromatic heterocycles. The minimum atomic E-state index is -3.28. The topological polar surface area (TPSA) is 60.4 Å². The maximum atomic E-state index is 12.2. The van der Waals surface area contributed by atoms with Gasteiger partial charge in [0.25, 0.3) is 0 Å². The number of hydrogen-bond donors (Lipinski definition) is 0. The molecule has 0 atom stereocenters. The standard InChI is InChI=1S/C16H15BrO4S/c1-16(2)13-12-5-4-11(22(3,19)20)7-9(12)6-10(8-17)14(13)21-15(16)18/h4-7H,8H2,1-3H3. The van der Waals surface area contributed by atoms with Crippen LogP contribution in [0, 0.1) is 0 Å². The van der Waals surface area contributed by atoms with Gasteiger partial charge >= 0.3 is 5.97 Å². The average Bonchev–Trinajstić information content (AvgIpc) is 2.67. The molecular formula is C16H15BrO4S. The van der Waals surface area contributed by atoms with Crippen molar-refractivity contribution in [3.05, 3.63) is 35.4 Å². The summed E-state index contributed by atoms with van der Waals surface area (Å²) in [7, 11) is -3.28. The third-order valence-corrected chi connectivity index (χ3v) is 5.76. The molecule has 0 bridgehead atoms. The summed E-state index contributed by atoms with van der Waals surface area (Å²) in [6.07, 6.45) is 1.18. The van der Waals surface area contributed by atoms with Crippen LogP contribution in [-0.4, -0.2) is 20.6 Å². The Bertz CT molecular complexity index is 913. The van der Waals surface area contributed by atoms with E-state index in [1.807, 2.05) is 19.9 Å². The van der Waals surface area contributed by atoms with Gasteiger partial charge in [0.2, 0.25) is 0 Å². The summed E-state index contributed by atoms with van der Waals surface area (Å²) in [5, 5.41) is 2.17. The quantitative estimate of drug-likeness (QED) is 0.454. The molecule has 0 amide bonds. The van der Waals surface area contributed by atoms with Gasteiger partial charge in [0.1, 0.15) is 5.75 Å². The highest BCUT2D eigenvalue weighted by Gasteiger charge is 2.43. The first-order valence-corrected chi connectivity index (χ1v) is 9.76. The summed E-state index contributed by atoms with van der Waals surface area (Å²) in [6.45, 7) is 3.65. The zero-order valence-electron chi connectivity index (χ0n) is 12.4. The van der Waals surface area contributed by atoms with E-state index in [1.165, 1.54) is 6.26 Å². The monoisotopic (exact) mass is 382 g/mol. The van der Waals surface area contributed by atoms with Crippen LogP contribution in [0.3, 0.4) is 0 Å². The van der Waals surface area contributed by atoms with Crippen LogP contribution in [0.2, 0.25) is 0 Å². The minimum Gasteiger partial charge on any atom is -0.425 e. The van der Waals surface area contributed by atoms with E-state index in [1.54, 1.807) is 18.2 Å². The molecule has 4 nitrogen and oxygen atoms in total. The number of carbonyl (C=O) groups is 1. The number of carbonyl (C=O) groups excluding carboxylic acids is 1. The van der Waals surface area contributed by atoms with Gasteiger partial charge in [-0.25, -0.2) is 8.42 Å². The number of ether oxygens (including phenoxy) is 1. The Labute approximate surface area is 137 Å². The number of halogens is 1. The van der Waals surface area contributed by atoms with E-state index in [2.05, 4.69) is 15.9 Å². The fourth-order valence-corrected chi connectivity index (χ4v) is 3.89. The second-order valence-corrected chi connectivity index (χ2v) is 8.62. The lowest BCUT2D eigenvalue weighted by Gasteiger charge is -2.17. The smallest absolute Gasteiger partial charge is 0.321 e. The molecule has 1 aliphatic heterocycles. The molecule has 0 N–H and O–H groups in total. The zero-order chi connectivity index (χ0) is 16.3. The van der Waals surface area contributed by atoms with E-state index in [0.717, 1.165) is 21.9 Å². The molecule has 6 heteroatoms. The fourth-order valence-electron chi connectivity index (χ4n) is 2.81. The van der Waals surface area contributed by atoms with Gasteiger partial charge in [0.05, 0.1) is 10.3 Å². The van der Waals surface area contributed by atoms with Crippen molar-refractivity contribution in [2.75, 3.05) is 6.26 Å². The Morgan fingerprint density at radius 3 is 2.50 bits per heavy atom. The second kappa shape index (κ2) is 4.80.